The van der Waals surface area contributed by atoms with E-state index in [0.717, 1.165) is 22.0 Å². The Morgan fingerprint density at radius 1 is 1.41 bits per heavy atom. The van der Waals surface area contributed by atoms with Crippen LogP contribution in [0.2, 0.25) is 0 Å². The summed E-state index contributed by atoms with van der Waals surface area (Å²) in [6.45, 7) is 1.94. The van der Waals surface area contributed by atoms with Crippen molar-refractivity contribution in [1.29, 1.82) is 0 Å². The molecule has 0 bridgehead atoms. The van der Waals surface area contributed by atoms with Gasteiger partial charge in [0.25, 0.3) is 0 Å². The van der Waals surface area contributed by atoms with Gasteiger partial charge in [-0.2, -0.15) is 11.8 Å². The molecule has 2 atom stereocenters. The highest BCUT2D eigenvalue weighted by atomic mass is 32.2. The lowest BCUT2D eigenvalue weighted by Crippen LogP contribution is -2.41. The van der Waals surface area contributed by atoms with Crippen molar-refractivity contribution in [3.63, 3.8) is 0 Å². The van der Waals surface area contributed by atoms with E-state index < -0.39 is 6.04 Å². The zero-order valence-corrected chi connectivity index (χ0v) is 14.4. The van der Waals surface area contributed by atoms with Gasteiger partial charge in [-0.05, 0) is 25.4 Å². The van der Waals surface area contributed by atoms with E-state index in [2.05, 4.69) is 10.3 Å². The number of thioether (sulfide) groups is 1. The van der Waals surface area contributed by atoms with E-state index >= 15 is 0 Å². The van der Waals surface area contributed by atoms with Crippen LogP contribution >= 0.6 is 23.1 Å². The molecule has 6 heteroatoms. The monoisotopic (exact) mass is 335 g/mol. The van der Waals surface area contributed by atoms with Gasteiger partial charge in [-0.15, -0.1) is 11.3 Å². The number of amides is 1. The highest BCUT2D eigenvalue weighted by molar-refractivity contribution is 7.98. The van der Waals surface area contributed by atoms with E-state index in [1.807, 2.05) is 48.9 Å². The highest BCUT2D eigenvalue weighted by Gasteiger charge is 2.18. The van der Waals surface area contributed by atoms with E-state index in [0.29, 0.717) is 6.42 Å². The standard InChI is InChI=1S/C16H21N3OS2/c1-11(18-15(20)13(17)8-9-21-2)16-19-14(10-22-16)12-6-4-3-5-7-12/h3-7,10-11,13H,8-9,17H2,1-2H3,(H,18,20)/t11?,13-/m0/s1. The number of nitrogens with zero attached hydrogens (tertiary/aromatic N) is 1. The minimum absolute atomic E-state index is 0.113. The molecule has 0 saturated carbocycles. The van der Waals surface area contributed by atoms with Gasteiger partial charge >= 0.3 is 0 Å². The summed E-state index contributed by atoms with van der Waals surface area (Å²) in [6.07, 6.45) is 2.70. The van der Waals surface area contributed by atoms with Gasteiger partial charge in [0, 0.05) is 10.9 Å². The maximum atomic E-state index is 12.0. The molecule has 1 unspecified atom stereocenters. The van der Waals surface area contributed by atoms with Crippen LogP contribution < -0.4 is 11.1 Å². The van der Waals surface area contributed by atoms with Crippen molar-refractivity contribution in [2.45, 2.75) is 25.4 Å². The molecule has 118 valence electrons. The van der Waals surface area contributed by atoms with Crippen LogP contribution in [0.1, 0.15) is 24.4 Å². The quantitative estimate of drug-likeness (QED) is 0.816. The SMILES string of the molecule is CSCC[C@H](N)C(=O)NC(C)c1nc(-c2ccccc2)cs1. The van der Waals surface area contributed by atoms with Crippen LogP contribution in [0.15, 0.2) is 35.7 Å². The van der Waals surface area contributed by atoms with Crippen molar-refractivity contribution in [3.05, 3.63) is 40.7 Å². The summed E-state index contributed by atoms with van der Waals surface area (Å²) >= 11 is 3.25. The van der Waals surface area contributed by atoms with Crippen LogP contribution in [-0.2, 0) is 4.79 Å². The van der Waals surface area contributed by atoms with Gasteiger partial charge < -0.3 is 11.1 Å². The lowest BCUT2D eigenvalue weighted by Gasteiger charge is -2.15. The van der Waals surface area contributed by atoms with Gasteiger partial charge in [0.1, 0.15) is 5.01 Å². The van der Waals surface area contributed by atoms with Gasteiger partial charge in [0.05, 0.1) is 17.8 Å². The van der Waals surface area contributed by atoms with Gasteiger partial charge in [-0.3, -0.25) is 4.79 Å². The summed E-state index contributed by atoms with van der Waals surface area (Å²) in [5.41, 5.74) is 7.91. The third-order valence-electron chi connectivity index (χ3n) is 3.29. The normalized spacial score (nSPS) is 13.6. The Morgan fingerprint density at radius 3 is 2.82 bits per heavy atom. The predicted octanol–water partition coefficient (Wildman–Crippen LogP) is 3.07. The number of hydrogen-bond donors (Lipinski definition) is 2. The fourth-order valence-electron chi connectivity index (χ4n) is 1.99. The molecule has 0 fully saturated rings. The third-order valence-corrected chi connectivity index (χ3v) is 4.96. The van der Waals surface area contributed by atoms with E-state index in [9.17, 15) is 4.79 Å². The third kappa shape index (κ3) is 4.56. The zero-order chi connectivity index (χ0) is 15.9. The molecule has 2 rings (SSSR count). The molecule has 2 aromatic rings. The smallest absolute Gasteiger partial charge is 0.237 e. The number of benzene rings is 1. The molecule has 0 radical (unpaired) electrons. The molecule has 0 saturated heterocycles. The number of nitrogens with two attached hydrogens (primary N) is 1. The summed E-state index contributed by atoms with van der Waals surface area (Å²) in [5.74, 6) is 0.774. The van der Waals surface area contributed by atoms with Gasteiger partial charge in [0.15, 0.2) is 0 Å². The summed E-state index contributed by atoms with van der Waals surface area (Å²) in [5, 5.41) is 5.85. The molecule has 1 heterocycles. The molecule has 1 amide bonds. The lowest BCUT2D eigenvalue weighted by molar-refractivity contribution is -0.123. The first-order valence-electron chi connectivity index (χ1n) is 7.17. The fraction of sp³-hybridized carbons (Fsp3) is 0.375. The Labute approximate surface area is 139 Å². The molecular formula is C16H21N3OS2. The van der Waals surface area contributed by atoms with Crippen LogP contribution in [0.4, 0.5) is 0 Å². The van der Waals surface area contributed by atoms with Gasteiger partial charge in [0.2, 0.25) is 5.91 Å². The van der Waals surface area contributed by atoms with Gasteiger partial charge in [-0.25, -0.2) is 4.98 Å². The molecular weight excluding hydrogens is 314 g/mol. The number of rotatable bonds is 7. The first kappa shape index (κ1) is 17.0. The number of carbonyl (C=O) groups excluding carboxylic acids is 1. The molecule has 1 aromatic carbocycles. The molecule has 4 nitrogen and oxygen atoms in total. The van der Waals surface area contributed by atoms with Gasteiger partial charge in [-0.1, -0.05) is 30.3 Å². The lowest BCUT2D eigenvalue weighted by atomic mass is 10.2. The second-order valence-corrected chi connectivity index (χ2v) is 6.93. The fourth-order valence-corrected chi connectivity index (χ4v) is 3.31. The van der Waals surface area contributed by atoms with E-state index in [4.69, 9.17) is 5.73 Å². The molecule has 0 spiro atoms. The summed E-state index contributed by atoms with van der Waals surface area (Å²) in [4.78, 5) is 16.7. The number of carbonyl (C=O) groups is 1. The Bertz CT molecular complexity index is 600. The van der Waals surface area contributed by atoms with Crippen molar-refractivity contribution in [2.24, 2.45) is 5.73 Å². The van der Waals surface area contributed by atoms with Crippen LogP contribution in [0.5, 0.6) is 0 Å². The van der Waals surface area contributed by atoms with Crippen molar-refractivity contribution in [3.8, 4) is 11.3 Å². The minimum Gasteiger partial charge on any atom is -0.346 e. The Kier molecular flexibility index (Phi) is 6.42. The number of nitrogens with one attached hydrogen (secondary N) is 1. The highest BCUT2D eigenvalue weighted by Crippen LogP contribution is 2.25. The number of aromatic nitrogens is 1. The molecule has 0 aliphatic heterocycles. The van der Waals surface area contributed by atoms with Crippen molar-refractivity contribution in [2.75, 3.05) is 12.0 Å². The minimum atomic E-state index is -0.455. The van der Waals surface area contributed by atoms with Crippen LogP contribution in [0, 0.1) is 0 Å². The van der Waals surface area contributed by atoms with E-state index in [-0.39, 0.29) is 11.9 Å². The second kappa shape index (κ2) is 8.31. The maximum absolute atomic E-state index is 12.0. The molecule has 3 N–H and O–H groups in total. The zero-order valence-electron chi connectivity index (χ0n) is 12.8. The number of hydrogen-bond acceptors (Lipinski definition) is 5. The maximum Gasteiger partial charge on any atom is 0.237 e. The Morgan fingerprint density at radius 2 is 2.14 bits per heavy atom. The van der Waals surface area contributed by atoms with Crippen molar-refractivity contribution in [1.82, 2.24) is 10.3 Å². The first-order chi connectivity index (χ1) is 10.6. The Balaban J connectivity index is 1.97. The van der Waals surface area contributed by atoms with Crippen molar-refractivity contribution < 1.29 is 4.79 Å². The molecule has 22 heavy (non-hydrogen) atoms. The van der Waals surface area contributed by atoms with E-state index in [1.165, 1.54) is 0 Å². The first-order valence-corrected chi connectivity index (χ1v) is 9.45. The van der Waals surface area contributed by atoms with Crippen LogP contribution in [-0.4, -0.2) is 28.9 Å². The second-order valence-electron chi connectivity index (χ2n) is 5.06. The summed E-state index contributed by atoms with van der Waals surface area (Å²) < 4.78 is 0. The number of thiazole rings is 1. The topological polar surface area (TPSA) is 68.0 Å². The van der Waals surface area contributed by atoms with Crippen molar-refractivity contribution >= 4 is 29.0 Å². The molecule has 0 aliphatic carbocycles. The molecule has 0 aliphatic rings. The summed E-state index contributed by atoms with van der Waals surface area (Å²) in [7, 11) is 0. The average Bonchev–Trinajstić information content (AvgIpc) is 3.03. The summed E-state index contributed by atoms with van der Waals surface area (Å²) in [6, 6.07) is 9.43. The van der Waals surface area contributed by atoms with Crippen LogP contribution in [0.25, 0.3) is 11.3 Å². The van der Waals surface area contributed by atoms with E-state index in [1.54, 1.807) is 23.1 Å². The molecule has 1 aromatic heterocycles. The average molecular weight is 335 g/mol. The largest absolute Gasteiger partial charge is 0.346 e. The Hall–Kier alpha value is -1.37. The van der Waals surface area contributed by atoms with Crippen LogP contribution in [0.3, 0.4) is 0 Å². The predicted molar refractivity (Wildman–Crippen MR) is 95.1 cm³/mol.